The van der Waals surface area contributed by atoms with E-state index in [1.54, 1.807) is 0 Å². The Hall–Kier alpha value is -0.730. The van der Waals surface area contributed by atoms with E-state index in [-0.39, 0.29) is 6.04 Å². The van der Waals surface area contributed by atoms with Gasteiger partial charge in [-0.3, -0.25) is 0 Å². The first-order valence-electron chi connectivity index (χ1n) is 4.47. The van der Waals surface area contributed by atoms with Crippen molar-refractivity contribution in [1.29, 1.82) is 0 Å². The molecule has 2 radical (unpaired) electrons. The average molecular weight is 185 g/mol. The summed E-state index contributed by atoms with van der Waals surface area (Å²) in [4.78, 5) is 11.2. The van der Waals surface area contributed by atoms with E-state index in [9.17, 15) is 4.79 Å². The highest BCUT2D eigenvalue weighted by molar-refractivity contribution is 5.68. The number of hydrogen-bond acceptors (Lipinski definition) is 2. The van der Waals surface area contributed by atoms with Crippen molar-refractivity contribution in [3.05, 3.63) is 13.8 Å². The average Bonchev–Trinajstić information content (AvgIpc) is 1.81. The lowest BCUT2D eigenvalue weighted by atomic mass is 10.2. The molecule has 13 heavy (non-hydrogen) atoms. The van der Waals surface area contributed by atoms with E-state index < -0.39 is 11.7 Å². The van der Waals surface area contributed by atoms with Gasteiger partial charge in [-0.15, -0.1) is 0 Å². The minimum absolute atomic E-state index is 0.118. The van der Waals surface area contributed by atoms with Crippen molar-refractivity contribution in [2.45, 2.75) is 45.3 Å². The number of hydrogen-bond donors (Lipinski definition) is 1. The summed E-state index contributed by atoms with van der Waals surface area (Å²) >= 11 is 0. The van der Waals surface area contributed by atoms with Crippen LogP contribution < -0.4 is 5.32 Å². The predicted molar refractivity (Wildman–Crippen MR) is 53.1 cm³/mol. The summed E-state index contributed by atoms with van der Waals surface area (Å²) in [5.74, 6) is 0. The third-order valence-electron chi connectivity index (χ3n) is 1.27. The van der Waals surface area contributed by atoms with Gasteiger partial charge in [0.1, 0.15) is 5.60 Å². The van der Waals surface area contributed by atoms with Crippen LogP contribution in [-0.4, -0.2) is 17.7 Å². The summed E-state index contributed by atoms with van der Waals surface area (Å²) < 4.78 is 5.04. The van der Waals surface area contributed by atoms with E-state index >= 15 is 0 Å². The molecule has 0 fully saturated rings. The number of rotatable bonds is 3. The van der Waals surface area contributed by atoms with Crippen LogP contribution >= 0.6 is 0 Å². The fourth-order valence-electron chi connectivity index (χ4n) is 0.793. The molecule has 1 unspecified atom stereocenters. The summed E-state index contributed by atoms with van der Waals surface area (Å²) in [7, 11) is 0. The summed E-state index contributed by atoms with van der Waals surface area (Å²) in [6, 6.07) is -0.118. The Labute approximate surface area is 80.8 Å². The molecule has 0 saturated carbocycles. The first kappa shape index (κ1) is 12.3. The van der Waals surface area contributed by atoms with Crippen molar-refractivity contribution in [3.63, 3.8) is 0 Å². The first-order valence-corrected chi connectivity index (χ1v) is 4.47. The maximum Gasteiger partial charge on any atom is 0.407 e. The number of carbonyl (C=O) groups excluding carboxylic acids is 1. The molecule has 0 aromatic heterocycles. The Bertz CT molecular complexity index is 161. The van der Waals surface area contributed by atoms with Crippen LogP contribution in [0.2, 0.25) is 0 Å². The zero-order chi connectivity index (χ0) is 10.5. The number of amides is 1. The van der Waals surface area contributed by atoms with E-state index in [4.69, 9.17) is 4.74 Å². The topological polar surface area (TPSA) is 38.3 Å². The molecule has 0 saturated heterocycles. The quantitative estimate of drug-likeness (QED) is 0.732. The van der Waals surface area contributed by atoms with Crippen molar-refractivity contribution in [2.24, 2.45) is 0 Å². The number of carbonyl (C=O) groups is 1. The molecule has 3 nitrogen and oxygen atoms in total. The molecule has 0 heterocycles. The zero-order valence-electron chi connectivity index (χ0n) is 8.72. The highest BCUT2D eigenvalue weighted by Crippen LogP contribution is 2.07. The monoisotopic (exact) mass is 185 g/mol. The van der Waals surface area contributed by atoms with E-state index in [0.717, 1.165) is 12.8 Å². The minimum Gasteiger partial charge on any atom is -0.444 e. The van der Waals surface area contributed by atoms with Gasteiger partial charge in [0.15, 0.2) is 0 Å². The van der Waals surface area contributed by atoms with Crippen molar-refractivity contribution in [1.82, 2.24) is 5.32 Å². The number of ether oxygens (including phenoxy) is 1. The number of nitrogens with one attached hydrogen (secondary N) is 1. The van der Waals surface area contributed by atoms with Gasteiger partial charge in [0.2, 0.25) is 0 Å². The lowest BCUT2D eigenvalue weighted by Crippen LogP contribution is -2.37. The first-order chi connectivity index (χ1) is 5.85. The Kier molecular flexibility index (Phi) is 4.81. The maximum atomic E-state index is 11.2. The zero-order valence-corrected chi connectivity index (χ0v) is 8.72. The van der Waals surface area contributed by atoms with Crippen LogP contribution in [-0.2, 0) is 4.74 Å². The Morgan fingerprint density at radius 2 is 2.08 bits per heavy atom. The summed E-state index contributed by atoms with van der Waals surface area (Å²) in [6.45, 7) is 12.9. The van der Waals surface area contributed by atoms with Gasteiger partial charge in [-0.1, -0.05) is 13.3 Å². The van der Waals surface area contributed by atoms with Gasteiger partial charge in [-0.25, -0.2) is 4.79 Å². The molecule has 0 aliphatic carbocycles. The third kappa shape index (κ3) is 7.62. The van der Waals surface area contributed by atoms with E-state index in [1.807, 2.05) is 20.8 Å². The lowest BCUT2D eigenvalue weighted by molar-refractivity contribution is 0.0512. The van der Waals surface area contributed by atoms with Crippen molar-refractivity contribution >= 4 is 6.09 Å². The van der Waals surface area contributed by atoms with Crippen LogP contribution in [0.25, 0.3) is 0 Å². The van der Waals surface area contributed by atoms with Crippen LogP contribution in [0, 0.1) is 13.8 Å². The molecule has 0 aromatic carbocycles. The SMILES string of the molecule is [CH2]CCC([CH2])NC(=O)OC(C)(C)C. The highest BCUT2D eigenvalue weighted by Gasteiger charge is 2.17. The van der Waals surface area contributed by atoms with E-state index in [2.05, 4.69) is 19.2 Å². The van der Waals surface area contributed by atoms with E-state index in [1.165, 1.54) is 0 Å². The van der Waals surface area contributed by atoms with Gasteiger partial charge in [-0.05, 0) is 34.1 Å². The fourth-order valence-corrected chi connectivity index (χ4v) is 0.793. The molecule has 0 spiro atoms. The predicted octanol–water partition coefficient (Wildman–Crippen LogP) is 2.33. The molecule has 1 N–H and O–H groups in total. The standard InChI is InChI=1S/C10H19NO2/c1-6-7-8(2)11-9(12)13-10(3,4)5/h8H,1-2,6-7H2,3-5H3,(H,11,12). The molecular weight excluding hydrogens is 166 g/mol. The summed E-state index contributed by atoms with van der Waals surface area (Å²) in [6.07, 6.45) is 1.10. The molecule has 0 aliphatic rings. The van der Waals surface area contributed by atoms with Crippen LogP contribution in [0.5, 0.6) is 0 Å². The lowest BCUT2D eigenvalue weighted by Gasteiger charge is -2.21. The second-order valence-electron chi connectivity index (χ2n) is 3.99. The van der Waals surface area contributed by atoms with Crippen molar-refractivity contribution in [2.75, 3.05) is 0 Å². The van der Waals surface area contributed by atoms with Crippen molar-refractivity contribution in [3.8, 4) is 0 Å². The minimum atomic E-state index is -0.450. The Morgan fingerprint density at radius 1 is 1.54 bits per heavy atom. The second kappa shape index (κ2) is 5.10. The maximum absolute atomic E-state index is 11.2. The van der Waals surface area contributed by atoms with Gasteiger partial charge >= 0.3 is 6.09 Å². The largest absolute Gasteiger partial charge is 0.444 e. The highest BCUT2D eigenvalue weighted by atomic mass is 16.6. The molecule has 0 aromatic rings. The molecule has 0 bridgehead atoms. The molecule has 1 amide bonds. The number of alkyl carbamates (subject to hydrolysis) is 1. The van der Waals surface area contributed by atoms with Gasteiger partial charge in [0, 0.05) is 6.04 Å². The van der Waals surface area contributed by atoms with Gasteiger partial charge in [0.25, 0.3) is 0 Å². The molecule has 0 rings (SSSR count). The summed E-state index contributed by atoms with van der Waals surface area (Å²) in [5.41, 5.74) is -0.450. The fraction of sp³-hybridized carbons (Fsp3) is 0.700. The van der Waals surface area contributed by atoms with Crippen LogP contribution in [0.4, 0.5) is 4.79 Å². The molecule has 1 atom stereocenters. The second-order valence-corrected chi connectivity index (χ2v) is 3.99. The van der Waals surface area contributed by atoms with Gasteiger partial charge < -0.3 is 10.1 Å². The third-order valence-corrected chi connectivity index (χ3v) is 1.27. The molecule has 0 aliphatic heterocycles. The molecular formula is C10H19NO2. The van der Waals surface area contributed by atoms with Gasteiger partial charge in [0.05, 0.1) is 0 Å². The van der Waals surface area contributed by atoms with Crippen LogP contribution in [0.15, 0.2) is 0 Å². The normalized spacial score (nSPS) is 13.6. The summed E-state index contributed by atoms with van der Waals surface area (Å²) in [5, 5.41) is 2.63. The van der Waals surface area contributed by atoms with Crippen LogP contribution in [0.1, 0.15) is 33.6 Å². The van der Waals surface area contributed by atoms with E-state index in [0.29, 0.717) is 0 Å². The van der Waals surface area contributed by atoms with Crippen LogP contribution in [0.3, 0.4) is 0 Å². The smallest absolute Gasteiger partial charge is 0.407 e. The van der Waals surface area contributed by atoms with Gasteiger partial charge in [-0.2, -0.15) is 0 Å². The Morgan fingerprint density at radius 3 is 2.46 bits per heavy atom. The Balaban J connectivity index is 3.74. The molecule has 76 valence electrons. The molecule has 3 heteroatoms. The van der Waals surface area contributed by atoms with Crippen molar-refractivity contribution < 1.29 is 9.53 Å².